The summed E-state index contributed by atoms with van der Waals surface area (Å²) in [6.07, 6.45) is 6.28. The third-order valence-corrected chi connectivity index (χ3v) is 6.86. The smallest absolute Gasteiger partial charge is 0.296 e. The molecule has 0 radical (unpaired) electrons. The highest BCUT2D eigenvalue weighted by molar-refractivity contribution is 7.17. The second-order valence-electron chi connectivity index (χ2n) is 8.30. The number of aliphatic hydroxyl groups excluding tert-OH is 1. The number of aromatic nitrogens is 4. The molecule has 11 heteroatoms. The number of amides is 1. The fourth-order valence-electron chi connectivity index (χ4n) is 4.06. The number of aryl methyl sites for hydroxylation is 1. The summed E-state index contributed by atoms with van der Waals surface area (Å²) in [4.78, 5) is 21.5. The Morgan fingerprint density at radius 1 is 1.18 bits per heavy atom. The van der Waals surface area contributed by atoms with E-state index in [1.807, 2.05) is 13.8 Å². The quantitative estimate of drug-likeness (QED) is 0.451. The van der Waals surface area contributed by atoms with Crippen LogP contribution in [0, 0.1) is 12.8 Å². The molecule has 0 bridgehead atoms. The molecule has 3 heterocycles. The van der Waals surface area contributed by atoms with E-state index in [1.54, 1.807) is 12.1 Å². The molecule has 2 N–H and O–H groups in total. The van der Waals surface area contributed by atoms with E-state index < -0.39 is 5.91 Å². The van der Waals surface area contributed by atoms with Crippen LogP contribution >= 0.6 is 22.9 Å². The highest BCUT2D eigenvalue weighted by Crippen LogP contribution is 2.35. The SMILES string of the molecule is COc1cnc(Cl)cc1-c1cc(C)ncc1C(=O)Nc1nnc(O[C@H]2CC[C@H]([C@@H](C)O)CC2)s1. The van der Waals surface area contributed by atoms with Crippen LogP contribution in [0.3, 0.4) is 0 Å². The van der Waals surface area contributed by atoms with Crippen molar-refractivity contribution in [2.45, 2.75) is 51.7 Å². The second kappa shape index (κ2) is 10.6. The summed E-state index contributed by atoms with van der Waals surface area (Å²) in [5.74, 6) is 0.411. The summed E-state index contributed by atoms with van der Waals surface area (Å²) < 4.78 is 11.4. The van der Waals surface area contributed by atoms with Gasteiger partial charge in [0.15, 0.2) is 0 Å². The van der Waals surface area contributed by atoms with Gasteiger partial charge in [0, 0.05) is 23.0 Å². The monoisotopic (exact) mass is 503 g/mol. The molecule has 34 heavy (non-hydrogen) atoms. The first-order valence-electron chi connectivity index (χ1n) is 11.0. The fourth-order valence-corrected chi connectivity index (χ4v) is 4.87. The molecule has 0 spiro atoms. The van der Waals surface area contributed by atoms with Gasteiger partial charge < -0.3 is 14.6 Å². The van der Waals surface area contributed by atoms with Crippen molar-refractivity contribution in [3.8, 4) is 22.1 Å². The predicted molar refractivity (Wildman–Crippen MR) is 130 cm³/mol. The van der Waals surface area contributed by atoms with E-state index in [1.165, 1.54) is 30.8 Å². The first kappa shape index (κ1) is 24.3. The Hall–Kier alpha value is -2.82. The Balaban J connectivity index is 1.48. The number of rotatable bonds is 7. The molecule has 0 aromatic carbocycles. The number of hydrogen-bond acceptors (Lipinski definition) is 9. The molecule has 1 aliphatic carbocycles. The highest BCUT2D eigenvalue weighted by Gasteiger charge is 2.26. The number of pyridine rings is 2. The number of methoxy groups -OCH3 is 1. The van der Waals surface area contributed by atoms with Crippen LogP contribution in [0.2, 0.25) is 5.15 Å². The molecule has 180 valence electrons. The average molecular weight is 504 g/mol. The minimum Gasteiger partial charge on any atom is -0.494 e. The van der Waals surface area contributed by atoms with Crippen LogP contribution in [0.4, 0.5) is 5.13 Å². The minimum absolute atomic E-state index is 0.0308. The molecule has 1 atom stereocenters. The highest BCUT2D eigenvalue weighted by atomic mass is 35.5. The van der Waals surface area contributed by atoms with Crippen LogP contribution in [-0.4, -0.2) is 50.5 Å². The standard InChI is InChI=1S/C23H26ClN5O4S/c1-12-8-16(17-9-20(24)26-11-19(17)32-3)18(10-25-12)21(31)27-22-28-29-23(34-22)33-15-6-4-14(5-7-15)13(2)30/h8-11,13-15,30H,4-7H2,1-3H3,(H,27,28,31)/t13-,14-,15-/m1/s1. The number of halogens is 1. The van der Waals surface area contributed by atoms with Crippen molar-refractivity contribution in [1.29, 1.82) is 0 Å². The minimum atomic E-state index is -0.391. The molecule has 4 rings (SSSR count). The lowest BCUT2D eigenvalue weighted by atomic mass is 9.84. The summed E-state index contributed by atoms with van der Waals surface area (Å²) >= 11 is 7.28. The predicted octanol–water partition coefficient (Wildman–Crippen LogP) is 4.54. The van der Waals surface area contributed by atoms with E-state index in [0.29, 0.717) is 38.7 Å². The van der Waals surface area contributed by atoms with Crippen LogP contribution in [0.25, 0.3) is 11.1 Å². The van der Waals surface area contributed by atoms with E-state index in [-0.39, 0.29) is 17.4 Å². The number of ether oxygens (including phenoxy) is 2. The molecule has 1 saturated carbocycles. The van der Waals surface area contributed by atoms with Gasteiger partial charge in [-0.25, -0.2) is 4.98 Å². The van der Waals surface area contributed by atoms with E-state index in [9.17, 15) is 9.90 Å². The van der Waals surface area contributed by atoms with Crippen molar-refractivity contribution in [2.24, 2.45) is 5.92 Å². The summed E-state index contributed by atoms with van der Waals surface area (Å²) in [6, 6.07) is 3.44. The maximum Gasteiger partial charge on any atom is 0.296 e. The number of carbonyl (C=O) groups is 1. The van der Waals surface area contributed by atoms with Gasteiger partial charge in [0.25, 0.3) is 11.1 Å². The number of carbonyl (C=O) groups excluding carboxylic acids is 1. The van der Waals surface area contributed by atoms with E-state index in [2.05, 4.69) is 25.5 Å². The molecule has 1 aliphatic rings. The Bertz CT molecular complexity index is 1160. The molecule has 0 aliphatic heterocycles. The van der Waals surface area contributed by atoms with Crippen molar-refractivity contribution in [3.05, 3.63) is 40.9 Å². The topological polar surface area (TPSA) is 119 Å². The van der Waals surface area contributed by atoms with Gasteiger partial charge in [0.2, 0.25) is 5.13 Å². The maximum atomic E-state index is 13.1. The molecular formula is C23H26ClN5O4S. The molecule has 1 fully saturated rings. The molecular weight excluding hydrogens is 478 g/mol. The van der Waals surface area contributed by atoms with E-state index >= 15 is 0 Å². The number of anilines is 1. The summed E-state index contributed by atoms with van der Waals surface area (Å²) in [5.41, 5.74) is 2.31. The lowest BCUT2D eigenvalue weighted by Gasteiger charge is -2.29. The van der Waals surface area contributed by atoms with E-state index in [4.69, 9.17) is 21.1 Å². The molecule has 0 unspecified atom stereocenters. The number of hydrogen-bond donors (Lipinski definition) is 2. The van der Waals surface area contributed by atoms with Crippen LogP contribution in [0.5, 0.6) is 10.9 Å². The Labute approximate surface area is 206 Å². The van der Waals surface area contributed by atoms with Gasteiger partial charge in [-0.1, -0.05) is 16.7 Å². The van der Waals surface area contributed by atoms with Gasteiger partial charge in [0.1, 0.15) is 17.0 Å². The number of nitrogens with zero attached hydrogens (tertiary/aromatic N) is 4. The fraction of sp³-hybridized carbons (Fsp3) is 0.435. The zero-order valence-corrected chi connectivity index (χ0v) is 20.7. The van der Waals surface area contributed by atoms with Crippen LogP contribution < -0.4 is 14.8 Å². The van der Waals surface area contributed by atoms with Gasteiger partial charge in [0.05, 0.1) is 25.0 Å². The first-order chi connectivity index (χ1) is 16.3. The largest absolute Gasteiger partial charge is 0.494 e. The summed E-state index contributed by atoms with van der Waals surface area (Å²) in [5, 5.41) is 21.7. The van der Waals surface area contributed by atoms with Crippen molar-refractivity contribution in [2.75, 3.05) is 12.4 Å². The molecule has 1 amide bonds. The van der Waals surface area contributed by atoms with Crippen molar-refractivity contribution >= 4 is 34.0 Å². The second-order valence-corrected chi connectivity index (χ2v) is 9.63. The van der Waals surface area contributed by atoms with Crippen LogP contribution in [0.1, 0.15) is 48.7 Å². The van der Waals surface area contributed by atoms with Gasteiger partial charge in [-0.3, -0.25) is 15.1 Å². The third kappa shape index (κ3) is 5.63. The first-order valence-corrected chi connectivity index (χ1v) is 12.2. The lowest BCUT2D eigenvalue weighted by Crippen LogP contribution is -2.28. The Morgan fingerprint density at radius 2 is 1.94 bits per heavy atom. The summed E-state index contributed by atoms with van der Waals surface area (Å²) in [7, 11) is 1.53. The molecule has 9 nitrogen and oxygen atoms in total. The number of nitrogens with one attached hydrogen (secondary N) is 1. The zero-order chi connectivity index (χ0) is 24.2. The van der Waals surface area contributed by atoms with Crippen LogP contribution in [0.15, 0.2) is 24.5 Å². The lowest BCUT2D eigenvalue weighted by molar-refractivity contribution is 0.0606. The third-order valence-electron chi connectivity index (χ3n) is 5.92. The number of aliphatic hydroxyl groups is 1. The molecule has 0 saturated heterocycles. The van der Waals surface area contributed by atoms with Gasteiger partial charge >= 0.3 is 0 Å². The molecule has 3 aromatic heterocycles. The average Bonchev–Trinajstić information content (AvgIpc) is 3.25. The maximum absolute atomic E-state index is 13.1. The Morgan fingerprint density at radius 3 is 2.65 bits per heavy atom. The van der Waals surface area contributed by atoms with Gasteiger partial charge in [-0.2, -0.15) is 0 Å². The summed E-state index contributed by atoms with van der Waals surface area (Å²) in [6.45, 7) is 3.67. The zero-order valence-electron chi connectivity index (χ0n) is 19.1. The normalized spacial score (nSPS) is 18.9. The van der Waals surface area contributed by atoms with E-state index in [0.717, 1.165) is 31.4 Å². The van der Waals surface area contributed by atoms with Gasteiger partial charge in [-0.15, -0.1) is 5.10 Å². The molecule has 3 aromatic rings. The van der Waals surface area contributed by atoms with Crippen LogP contribution in [-0.2, 0) is 0 Å². The Kier molecular flexibility index (Phi) is 7.60. The van der Waals surface area contributed by atoms with Gasteiger partial charge in [-0.05, 0) is 68.9 Å². The van der Waals surface area contributed by atoms with Crippen molar-refractivity contribution < 1.29 is 19.4 Å². The van der Waals surface area contributed by atoms with Crippen molar-refractivity contribution in [3.63, 3.8) is 0 Å². The van der Waals surface area contributed by atoms with Crippen molar-refractivity contribution in [1.82, 2.24) is 20.2 Å².